The van der Waals surface area contributed by atoms with E-state index in [4.69, 9.17) is 10.5 Å². The van der Waals surface area contributed by atoms with Gasteiger partial charge in [0.15, 0.2) is 0 Å². The molecule has 0 amide bonds. The zero-order valence-corrected chi connectivity index (χ0v) is 11.2. The highest BCUT2D eigenvalue weighted by Gasteiger charge is 2.09. The van der Waals surface area contributed by atoms with Crippen molar-refractivity contribution in [3.8, 4) is 5.75 Å². The number of rotatable bonds is 5. The highest BCUT2D eigenvalue weighted by molar-refractivity contribution is 7.99. The van der Waals surface area contributed by atoms with Gasteiger partial charge in [0, 0.05) is 11.8 Å². The molecule has 5 nitrogen and oxygen atoms in total. The summed E-state index contributed by atoms with van der Waals surface area (Å²) in [5, 5.41) is 7.60. The van der Waals surface area contributed by atoms with Gasteiger partial charge in [0.05, 0.1) is 7.11 Å². The number of methoxy groups -OCH3 is 1. The van der Waals surface area contributed by atoms with Gasteiger partial charge in [0.2, 0.25) is 5.16 Å². The summed E-state index contributed by atoms with van der Waals surface area (Å²) in [6.07, 6.45) is 0. The molecule has 6 heteroatoms. The zero-order valence-electron chi connectivity index (χ0n) is 10.4. The first-order valence-electron chi connectivity index (χ1n) is 5.60. The lowest BCUT2D eigenvalue weighted by atomic mass is 10.1. The monoisotopic (exact) mass is 264 g/mol. The smallest absolute Gasteiger partial charge is 0.208 e. The molecule has 1 unspecified atom stereocenters. The lowest BCUT2D eigenvalue weighted by Crippen LogP contribution is -2.12. The number of hydrogen-bond acceptors (Lipinski definition) is 5. The van der Waals surface area contributed by atoms with Crippen molar-refractivity contribution in [2.24, 2.45) is 5.73 Å². The molecule has 0 aliphatic rings. The molecule has 1 heterocycles. The van der Waals surface area contributed by atoms with Crippen molar-refractivity contribution in [2.75, 3.05) is 12.9 Å². The summed E-state index contributed by atoms with van der Waals surface area (Å²) in [7, 11) is 1.65. The molecule has 0 fully saturated rings. The van der Waals surface area contributed by atoms with Crippen molar-refractivity contribution in [2.45, 2.75) is 18.1 Å². The summed E-state index contributed by atoms with van der Waals surface area (Å²) in [6.45, 7) is 1.88. The molecule has 1 aromatic carbocycles. The number of hydrogen-bond donors (Lipinski definition) is 2. The van der Waals surface area contributed by atoms with E-state index in [-0.39, 0.29) is 6.04 Å². The number of nitrogens with two attached hydrogens (primary N) is 1. The Kier molecular flexibility index (Phi) is 4.22. The van der Waals surface area contributed by atoms with E-state index in [1.807, 2.05) is 31.2 Å². The highest BCUT2D eigenvalue weighted by atomic mass is 32.2. The van der Waals surface area contributed by atoms with Crippen molar-refractivity contribution >= 4 is 11.8 Å². The molecule has 2 rings (SSSR count). The van der Waals surface area contributed by atoms with Crippen LogP contribution in [0.5, 0.6) is 5.75 Å². The minimum Gasteiger partial charge on any atom is -0.497 e. The second-order valence-electron chi connectivity index (χ2n) is 3.89. The number of benzene rings is 1. The maximum Gasteiger partial charge on any atom is 0.208 e. The molecule has 0 bridgehead atoms. The third-order valence-electron chi connectivity index (χ3n) is 2.51. The van der Waals surface area contributed by atoms with Gasteiger partial charge in [0.1, 0.15) is 11.6 Å². The van der Waals surface area contributed by atoms with E-state index < -0.39 is 0 Å². The van der Waals surface area contributed by atoms with Crippen LogP contribution in [0.15, 0.2) is 29.4 Å². The van der Waals surface area contributed by atoms with Gasteiger partial charge in [-0.3, -0.25) is 5.10 Å². The quantitative estimate of drug-likeness (QED) is 0.807. The summed E-state index contributed by atoms with van der Waals surface area (Å²) < 4.78 is 5.11. The summed E-state index contributed by atoms with van der Waals surface area (Å²) in [6, 6.07) is 7.74. The number of nitrogens with zero attached hydrogens (tertiary/aromatic N) is 2. The van der Waals surface area contributed by atoms with Crippen molar-refractivity contribution < 1.29 is 4.74 Å². The van der Waals surface area contributed by atoms with Crippen molar-refractivity contribution in [3.63, 3.8) is 0 Å². The van der Waals surface area contributed by atoms with Gasteiger partial charge in [-0.25, -0.2) is 4.98 Å². The van der Waals surface area contributed by atoms with E-state index >= 15 is 0 Å². The summed E-state index contributed by atoms with van der Waals surface area (Å²) in [4.78, 5) is 4.22. The molecule has 96 valence electrons. The number of aromatic nitrogens is 3. The van der Waals surface area contributed by atoms with Gasteiger partial charge < -0.3 is 10.5 Å². The van der Waals surface area contributed by atoms with Crippen LogP contribution in [0, 0.1) is 6.92 Å². The average molecular weight is 264 g/mol. The molecular weight excluding hydrogens is 248 g/mol. The first-order valence-corrected chi connectivity index (χ1v) is 6.59. The van der Waals surface area contributed by atoms with Crippen LogP contribution in [0.25, 0.3) is 0 Å². The Morgan fingerprint density at radius 1 is 1.39 bits per heavy atom. The maximum absolute atomic E-state index is 6.11. The normalized spacial score (nSPS) is 12.4. The van der Waals surface area contributed by atoms with Crippen LogP contribution in [-0.4, -0.2) is 28.0 Å². The van der Waals surface area contributed by atoms with Gasteiger partial charge in [-0.1, -0.05) is 23.9 Å². The topological polar surface area (TPSA) is 76.8 Å². The molecule has 18 heavy (non-hydrogen) atoms. The Morgan fingerprint density at radius 2 is 2.11 bits per heavy atom. The average Bonchev–Trinajstić information content (AvgIpc) is 2.82. The Labute approximate surface area is 110 Å². The minimum absolute atomic E-state index is 0.0419. The molecular formula is C12H16N4OS. The molecule has 0 radical (unpaired) electrons. The second-order valence-corrected chi connectivity index (χ2v) is 4.88. The van der Waals surface area contributed by atoms with E-state index in [1.54, 1.807) is 18.9 Å². The fraction of sp³-hybridized carbons (Fsp3) is 0.333. The molecule has 0 aliphatic carbocycles. The molecule has 0 aliphatic heterocycles. The van der Waals surface area contributed by atoms with E-state index in [1.165, 1.54) is 0 Å². The minimum atomic E-state index is -0.0419. The van der Waals surface area contributed by atoms with Crippen LogP contribution in [-0.2, 0) is 0 Å². The van der Waals surface area contributed by atoms with Gasteiger partial charge >= 0.3 is 0 Å². The molecule has 0 spiro atoms. The number of aromatic amines is 1. The van der Waals surface area contributed by atoms with Crippen LogP contribution in [0.2, 0.25) is 0 Å². The van der Waals surface area contributed by atoms with Crippen LogP contribution in [0.3, 0.4) is 0 Å². The van der Waals surface area contributed by atoms with Crippen molar-refractivity contribution in [3.05, 3.63) is 35.7 Å². The summed E-state index contributed by atoms with van der Waals surface area (Å²) in [5.74, 6) is 2.39. The lowest BCUT2D eigenvalue weighted by Gasteiger charge is -2.10. The number of nitrogens with one attached hydrogen (secondary N) is 1. The number of H-pyrrole nitrogens is 1. The first kappa shape index (κ1) is 12.9. The number of aryl methyl sites for hydroxylation is 1. The molecule has 2 aromatic rings. The van der Waals surface area contributed by atoms with E-state index in [9.17, 15) is 0 Å². The third kappa shape index (κ3) is 3.24. The molecule has 1 atom stereocenters. The number of ether oxygens (including phenoxy) is 1. The second kappa shape index (κ2) is 5.88. The van der Waals surface area contributed by atoms with Gasteiger partial charge in [-0.15, -0.1) is 5.10 Å². The van der Waals surface area contributed by atoms with Crippen LogP contribution in [0.4, 0.5) is 0 Å². The largest absolute Gasteiger partial charge is 0.497 e. The lowest BCUT2D eigenvalue weighted by molar-refractivity contribution is 0.414. The Bertz CT molecular complexity index is 497. The van der Waals surface area contributed by atoms with Gasteiger partial charge in [-0.05, 0) is 24.6 Å². The van der Waals surface area contributed by atoms with Crippen LogP contribution in [0.1, 0.15) is 17.4 Å². The first-order chi connectivity index (χ1) is 8.69. The summed E-state index contributed by atoms with van der Waals surface area (Å²) >= 11 is 1.54. The maximum atomic E-state index is 6.11. The molecule has 1 aromatic heterocycles. The Morgan fingerprint density at radius 3 is 2.67 bits per heavy atom. The van der Waals surface area contributed by atoms with Gasteiger partial charge in [0.25, 0.3) is 0 Å². The van der Waals surface area contributed by atoms with Crippen LogP contribution >= 0.6 is 11.8 Å². The van der Waals surface area contributed by atoms with E-state index in [0.717, 1.165) is 28.0 Å². The summed E-state index contributed by atoms with van der Waals surface area (Å²) in [5.41, 5.74) is 7.19. The number of thioether (sulfide) groups is 1. The Hall–Kier alpha value is -1.53. The van der Waals surface area contributed by atoms with E-state index in [0.29, 0.717) is 0 Å². The van der Waals surface area contributed by atoms with E-state index in [2.05, 4.69) is 15.2 Å². The Balaban J connectivity index is 1.92. The standard InChI is InChI=1S/C12H16N4OS/c1-8-14-12(16-15-8)18-7-11(13)9-3-5-10(17-2)6-4-9/h3-6,11H,7,13H2,1-2H3,(H,14,15,16). The van der Waals surface area contributed by atoms with Crippen molar-refractivity contribution in [1.29, 1.82) is 0 Å². The SMILES string of the molecule is COc1ccc(C(N)CSc2n[nH]c(C)n2)cc1. The molecule has 0 saturated heterocycles. The third-order valence-corrected chi connectivity index (χ3v) is 3.48. The zero-order chi connectivity index (χ0) is 13.0. The molecule has 3 N–H and O–H groups in total. The molecule has 0 saturated carbocycles. The fourth-order valence-electron chi connectivity index (χ4n) is 1.50. The van der Waals surface area contributed by atoms with Crippen molar-refractivity contribution in [1.82, 2.24) is 15.2 Å². The predicted molar refractivity (Wildman–Crippen MR) is 71.8 cm³/mol. The predicted octanol–water partition coefficient (Wildman–Crippen LogP) is 1.91. The van der Waals surface area contributed by atoms with Gasteiger partial charge in [-0.2, -0.15) is 0 Å². The fourth-order valence-corrected chi connectivity index (χ4v) is 2.33. The highest BCUT2D eigenvalue weighted by Crippen LogP contribution is 2.22. The van der Waals surface area contributed by atoms with Crippen LogP contribution < -0.4 is 10.5 Å².